The van der Waals surface area contributed by atoms with Gasteiger partial charge in [0, 0.05) is 46.7 Å². The fourth-order valence-corrected chi connectivity index (χ4v) is 12.2. The van der Waals surface area contributed by atoms with Crippen LogP contribution in [0.25, 0.3) is 0 Å². The van der Waals surface area contributed by atoms with Crippen LogP contribution in [-0.2, 0) is 41.8 Å². The fourth-order valence-electron chi connectivity index (χ4n) is 3.94. The molecule has 2 aliphatic heterocycles. The van der Waals surface area contributed by atoms with Crippen molar-refractivity contribution in [1.29, 1.82) is 0 Å². The van der Waals surface area contributed by atoms with Crippen LogP contribution in [0.2, 0.25) is 0 Å². The van der Waals surface area contributed by atoms with E-state index >= 15 is 0 Å². The number of ether oxygens (including phenoxy) is 4. The number of thioether (sulfide) groups is 6. The summed E-state index contributed by atoms with van der Waals surface area (Å²) in [4.78, 5) is 23.6. The Morgan fingerprint density at radius 2 is 1.12 bits per heavy atom. The lowest BCUT2D eigenvalue weighted by molar-refractivity contribution is -0.145. The SMILES string of the molecule is C=CC(=O)OC(COCc1ccc(COCC(CSCCC2SCCS2)OC(=O)C=C)cc1)CSCCC1SCCS1. The van der Waals surface area contributed by atoms with Crippen molar-refractivity contribution in [2.24, 2.45) is 0 Å². The van der Waals surface area contributed by atoms with Gasteiger partial charge < -0.3 is 18.9 Å². The van der Waals surface area contributed by atoms with E-state index in [2.05, 4.69) is 13.2 Å². The van der Waals surface area contributed by atoms with Gasteiger partial charge >= 0.3 is 11.9 Å². The Morgan fingerprint density at radius 1 is 0.738 bits per heavy atom. The Morgan fingerprint density at radius 3 is 1.48 bits per heavy atom. The highest BCUT2D eigenvalue weighted by Crippen LogP contribution is 2.35. The first-order chi connectivity index (χ1) is 20.6. The molecule has 0 spiro atoms. The lowest BCUT2D eigenvalue weighted by Crippen LogP contribution is -2.25. The molecule has 1 aromatic carbocycles. The van der Waals surface area contributed by atoms with E-state index in [4.69, 9.17) is 18.9 Å². The molecule has 2 aliphatic rings. The maximum Gasteiger partial charge on any atom is 0.330 e. The van der Waals surface area contributed by atoms with Crippen LogP contribution in [0.1, 0.15) is 24.0 Å². The second-order valence-corrected chi connectivity index (χ2v) is 17.6. The van der Waals surface area contributed by atoms with E-state index in [-0.39, 0.29) is 12.2 Å². The lowest BCUT2D eigenvalue weighted by Gasteiger charge is -2.18. The van der Waals surface area contributed by atoms with E-state index < -0.39 is 11.9 Å². The molecule has 0 N–H and O–H groups in total. The molecule has 2 fully saturated rings. The zero-order chi connectivity index (χ0) is 29.8. The number of carbonyl (C=O) groups excluding carboxylic acids is 2. The molecule has 2 saturated heterocycles. The predicted molar refractivity (Wildman–Crippen MR) is 187 cm³/mol. The molecule has 0 radical (unpaired) electrons. The van der Waals surface area contributed by atoms with Gasteiger partial charge in [-0.3, -0.25) is 0 Å². The van der Waals surface area contributed by atoms with Crippen molar-refractivity contribution < 1.29 is 28.5 Å². The first-order valence-corrected chi connectivity index (χ1v) is 20.6. The quantitative estimate of drug-likeness (QED) is 0.0733. The summed E-state index contributed by atoms with van der Waals surface area (Å²) in [5.74, 6) is 7.64. The first kappa shape index (κ1) is 36.1. The second-order valence-electron chi connectivity index (χ2n) is 9.44. The summed E-state index contributed by atoms with van der Waals surface area (Å²) in [5, 5.41) is 0. The van der Waals surface area contributed by atoms with Crippen LogP contribution < -0.4 is 0 Å². The topological polar surface area (TPSA) is 71.1 Å². The van der Waals surface area contributed by atoms with E-state index in [0.29, 0.717) is 47.1 Å². The zero-order valence-electron chi connectivity index (χ0n) is 24.0. The van der Waals surface area contributed by atoms with E-state index in [9.17, 15) is 9.59 Å². The standard InChI is InChI=1S/C30H42O6S6/c1-3-27(31)35-25(21-37-11-9-29-39-13-14-40-29)19-33-17-23-5-7-24(8-6-23)18-34-20-26(36-28(32)4-2)22-38-12-10-30-41-15-16-42-30/h3-8,25-26,29-30H,1-2,9-22H2. The molecule has 0 aliphatic carbocycles. The van der Waals surface area contributed by atoms with Gasteiger partial charge in [0.1, 0.15) is 12.2 Å². The summed E-state index contributed by atoms with van der Waals surface area (Å²) >= 11 is 11.8. The van der Waals surface area contributed by atoms with Gasteiger partial charge in [-0.05, 0) is 35.5 Å². The fraction of sp³-hybridized carbons (Fsp3) is 0.600. The molecule has 1 aromatic rings. The summed E-state index contributed by atoms with van der Waals surface area (Å²) in [6.45, 7) is 8.55. The van der Waals surface area contributed by atoms with Gasteiger partial charge in [0.2, 0.25) is 0 Å². The Kier molecular flexibility index (Phi) is 19.1. The Balaban J connectivity index is 1.33. The molecule has 0 bridgehead atoms. The van der Waals surface area contributed by atoms with Crippen molar-refractivity contribution in [2.75, 3.05) is 59.2 Å². The van der Waals surface area contributed by atoms with Crippen molar-refractivity contribution in [1.82, 2.24) is 0 Å². The number of benzene rings is 1. The summed E-state index contributed by atoms with van der Waals surface area (Å²) < 4.78 is 24.2. The van der Waals surface area contributed by atoms with Gasteiger partial charge in [0.25, 0.3) is 0 Å². The summed E-state index contributed by atoms with van der Waals surface area (Å²) in [5.41, 5.74) is 2.06. The molecule has 2 unspecified atom stereocenters. The van der Waals surface area contributed by atoms with Gasteiger partial charge in [-0.25, -0.2) is 9.59 Å². The van der Waals surface area contributed by atoms with Crippen molar-refractivity contribution in [3.05, 3.63) is 60.7 Å². The van der Waals surface area contributed by atoms with Crippen LogP contribution in [0.4, 0.5) is 0 Å². The third-order valence-electron chi connectivity index (χ3n) is 6.05. The smallest absolute Gasteiger partial charge is 0.330 e. The minimum absolute atomic E-state index is 0.307. The molecule has 0 amide bonds. The average molecular weight is 691 g/mol. The highest BCUT2D eigenvalue weighted by molar-refractivity contribution is 8.20. The predicted octanol–water partition coefficient (Wildman–Crippen LogP) is 6.77. The van der Waals surface area contributed by atoms with Crippen LogP contribution in [0, 0.1) is 0 Å². The van der Waals surface area contributed by atoms with Gasteiger partial charge in [-0.2, -0.15) is 23.5 Å². The van der Waals surface area contributed by atoms with Crippen LogP contribution in [0.15, 0.2) is 49.6 Å². The van der Waals surface area contributed by atoms with Gasteiger partial charge in [0.05, 0.1) is 35.6 Å². The second kappa shape index (κ2) is 22.2. The molecule has 3 rings (SSSR count). The van der Waals surface area contributed by atoms with Gasteiger partial charge in [-0.15, -0.1) is 47.0 Å². The molecule has 6 nitrogen and oxygen atoms in total. The third kappa shape index (κ3) is 15.6. The maximum absolute atomic E-state index is 11.8. The van der Waals surface area contributed by atoms with E-state index in [1.54, 1.807) is 23.5 Å². The van der Waals surface area contributed by atoms with Gasteiger partial charge in [-0.1, -0.05) is 37.4 Å². The highest BCUT2D eigenvalue weighted by Gasteiger charge is 2.19. The van der Waals surface area contributed by atoms with Crippen LogP contribution in [0.3, 0.4) is 0 Å². The number of rotatable bonds is 22. The van der Waals surface area contributed by atoms with Gasteiger partial charge in [0.15, 0.2) is 0 Å². The normalized spacial score (nSPS) is 17.1. The van der Waals surface area contributed by atoms with E-state index in [1.807, 2.05) is 71.3 Å². The average Bonchev–Trinajstić information content (AvgIpc) is 3.72. The van der Waals surface area contributed by atoms with Crippen molar-refractivity contribution >= 4 is 82.5 Å². The summed E-state index contributed by atoms with van der Waals surface area (Å²) in [7, 11) is 0. The van der Waals surface area contributed by atoms with Crippen molar-refractivity contribution in [3.63, 3.8) is 0 Å². The Hall–Kier alpha value is -0.340. The van der Waals surface area contributed by atoms with Crippen LogP contribution in [-0.4, -0.2) is 92.5 Å². The number of carbonyl (C=O) groups is 2. The monoisotopic (exact) mass is 690 g/mol. The van der Waals surface area contributed by atoms with Crippen molar-refractivity contribution in [2.45, 2.75) is 47.4 Å². The van der Waals surface area contributed by atoms with Crippen LogP contribution >= 0.6 is 70.6 Å². The zero-order valence-corrected chi connectivity index (χ0v) is 28.9. The minimum atomic E-state index is -0.419. The molecule has 0 saturated carbocycles. The largest absolute Gasteiger partial charge is 0.456 e. The maximum atomic E-state index is 11.8. The number of hydrogen-bond acceptors (Lipinski definition) is 12. The van der Waals surface area contributed by atoms with E-state index in [0.717, 1.165) is 35.5 Å². The number of esters is 2. The molecule has 2 heterocycles. The van der Waals surface area contributed by atoms with Crippen molar-refractivity contribution in [3.8, 4) is 0 Å². The molecule has 12 heteroatoms. The molecule has 0 aromatic heterocycles. The molecule has 234 valence electrons. The minimum Gasteiger partial charge on any atom is -0.456 e. The Labute approximate surface area is 276 Å². The molecular formula is C30H42O6S6. The molecule has 42 heavy (non-hydrogen) atoms. The van der Waals surface area contributed by atoms with E-state index in [1.165, 1.54) is 35.2 Å². The molecular weight excluding hydrogens is 649 g/mol. The highest BCUT2D eigenvalue weighted by atomic mass is 32.2. The third-order valence-corrected chi connectivity index (χ3v) is 14.7. The summed E-state index contributed by atoms with van der Waals surface area (Å²) in [6, 6.07) is 8.05. The molecule has 2 atom stereocenters. The Bertz CT molecular complexity index is 862. The lowest BCUT2D eigenvalue weighted by atomic mass is 10.1. The number of hydrogen-bond donors (Lipinski definition) is 0. The first-order valence-electron chi connectivity index (χ1n) is 14.1. The summed E-state index contributed by atoms with van der Waals surface area (Å²) in [6.07, 6.45) is 4.11. The van der Waals surface area contributed by atoms with Crippen LogP contribution in [0.5, 0.6) is 0 Å².